The Hall–Kier alpha value is -2.34. The summed E-state index contributed by atoms with van der Waals surface area (Å²) >= 11 is 0. The molecule has 2 aromatic rings. The van der Waals surface area contributed by atoms with Gasteiger partial charge < -0.3 is 4.74 Å². The average Bonchev–Trinajstić information content (AvgIpc) is 2.51. The molecular weight excluding hydrogens is 308 g/mol. The molecule has 0 N–H and O–H groups in total. The van der Waals surface area contributed by atoms with Crippen LogP contribution in [0.4, 0.5) is 0 Å². The number of aromatic nitrogens is 1. The molecule has 0 saturated heterocycles. The zero-order chi connectivity index (χ0) is 18.5. The summed E-state index contributed by atoms with van der Waals surface area (Å²) in [7, 11) is 0. The molecule has 25 heavy (non-hydrogen) atoms. The van der Waals surface area contributed by atoms with E-state index in [4.69, 9.17) is 10.00 Å². The van der Waals surface area contributed by atoms with Crippen LogP contribution in [0.25, 0.3) is 10.9 Å². The number of nitriles is 1. The van der Waals surface area contributed by atoms with Gasteiger partial charge in [0.1, 0.15) is 29.6 Å². The summed E-state index contributed by atoms with van der Waals surface area (Å²) in [5.41, 5.74) is 1.75. The van der Waals surface area contributed by atoms with E-state index in [1.165, 1.54) is 6.42 Å². The quantitative estimate of drug-likeness (QED) is 0.617. The highest BCUT2D eigenvalue weighted by atomic mass is 16.5. The summed E-state index contributed by atoms with van der Waals surface area (Å²) in [6, 6.07) is 11.5. The lowest BCUT2D eigenvalue weighted by Crippen LogP contribution is -2.20. The van der Waals surface area contributed by atoms with E-state index in [2.05, 4.69) is 57.8 Å². The summed E-state index contributed by atoms with van der Waals surface area (Å²) < 4.78 is 5.88. The summed E-state index contributed by atoms with van der Waals surface area (Å²) in [5, 5.41) is 10.0. The number of hydrogen-bond acceptors (Lipinski definition) is 3. The Kier molecular flexibility index (Phi) is 5.85. The van der Waals surface area contributed by atoms with Gasteiger partial charge in [-0.2, -0.15) is 5.26 Å². The first kappa shape index (κ1) is 19.0. The number of allylic oxidation sites excluding steroid dienone is 1. The highest BCUT2D eigenvalue weighted by Gasteiger charge is 2.23. The van der Waals surface area contributed by atoms with Gasteiger partial charge in [-0.15, -0.1) is 0 Å². The van der Waals surface area contributed by atoms with Crippen molar-refractivity contribution in [2.24, 2.45) is 10.8 Å². The number of nitrogens with zero attached hydrogens (tertiary/aromatic N) is 2. The van der Waals surface area contributed by atoms with E-state index in [0.29, 0.717) is 23.5 Å². The van der Waals surface area contributed by atoms with Crippen LogP contribution in [0, 0.1) is 22.2 Å². The molecule has 0 atom stereocenters. The molecule has 0 unspecified atom stereocenters. The molecule has 0 amide bonds. The van der Waals surface area contributed by atoms with Gasteiger partial charge in [-0.1, -0.05) is 58.9 Å². The molecule has 132 valence electrons. The lowest BCUT2D eigenvalue weighted by Gasteiger charge is -2.31. The first-order chi connectivity index (χ1) is 11.7. The van der Waals surface area contributed by atoms with Gasteiger partial charge in [0.15, 0.2) is 0 Å². The predicted molar refractivity (Wildman–Crippen MR) is 104 cm³/mol. The molecule has 0 aliphatic heterocycles. The molecule has 0 aliphatic rings. The largest absolute Gasteiger partial charge is 0.487 e. The Morgan fingerprint density at radius 2 is 1.84 bits per heavy atom. The molecule has 0 spiro atoms. The van der Waals surface area contributed by atoms with E-state index in [1.54, 1.807) is 6.07 Å². The Bertz CT molecular complexity index is 792. The average molecular weight is 336 g/mol. The van der Waals surface area contributed by atoms with Crippen molar-refractivity contribution in [3.63, 3.8) is 0 Å². The summed E-state index contributed by atoms with van der Waals surface area (Å²) in [5.74, 6) is 0.716. The molecular formula is C22H28N2O. The van der Waals surface area contributed by atoms with Crippen LogP contribution in [0.1, 0.15) is 53.2 Å². The minimum absolute atomic E-state index is 0.275. The maximum Gasteiger partial charge on any atom is 0.146 e. The first-order valence-corrected chi connectivity index (χ1v) is 8.78. The zero-order valence-corrected chi connectivity index (χ0v) is 16.0. The molecule has 0 saturated carbocycles. The predicted octanol–water partition coefficient (Wildman–Crippen LogP) is 5.89. The number of ether oxygens (including phenoxy) is 1. The van der Waals surface area contributed by atoms with Gasteiger partial charge in [-0.25, -0.2) is 4.98 Å². The van der Waals surface area contributed by atoms with Gasteiger partial charge in [0.2, 0.25) is 0 Å². The number of benzene rings is 1. The van der Waals surface area contributed by atoms with E-state index in [-0.39, 0.29) is 5.41 Å². The molecule has 2 rings (SSSR count). The third-order valence-corrected chi connectivity index (χ3v) is 3.98. The second kappa shape index (κ2) is 7.70. The smallest absolute Gasteiger partial charge is 0.146 e. The molecule has 1 aromatic heterocycles. The van der Waals surface area contributed by atoms with Crippen molar-refractivity contribution < 1.29 is 4.74 Å². The number of para-hydroxylation sites is 1. The molecule has 0 bridgehead atoms. The van der Waals surface area contributed by atoms with Gasteiger partial charge in [0, 0.05) is 5.39 Å². The van der Waals surface area contributed by atoms with Crippen molar-refractivity contribution in [2.75, 3.05) is 6.61 Å². The lowest BCUT2D eigenvalue weighted by molar-refractivity contribution is 0.214. The van der Waals surface area contributed by atoms with Gasteiger partial charge in [0.25, 0.3) is 0 Å². The molecule has 1 aromatic carbocycles. The van der Waals surface area contributed by atoms with Crippen LogP contribution in [0.5, 0.6) is 5.75 Å². The Balaban J connectivity index is 1.98. The number of rotatable bonds is 6. The molecule has 0 fully saturated rings. The molecule has 1 heterocycles. The second-order valence-electron chi connectivity index (χ2n) is 8.52. The van der Waals surface area contributed by atoms with Gasteiger partial charge in [-0.05, 0) is 41.9 Å². The summed E-state index contributed by atoms with van der Waals surface area (Å²) in [6.45, 7) is 12.0. The third-order valence-electron chi connectivity index (χ3n) is 3.98. The standard InChI is InChI=1S/C22H28N2O/c1-21(2,3)16-22(4,5)13-6-7-14-25-19-10-8-9-17-11-12-18(15-23)24-20(17)19/h6-12H,13-14,16H2,1-5H3. The first-order valence-electron chi connectivity index (χ1n) is 8.78. The van der Waals surface area contributed by atoms with Crippen molar-refractivity contribution in [1.82, 2.24) is 4.98 Å². The van der Waals surface area contributed by atoms with Crippen LogP contribution in [0.3, 0.4) is 0 Å². The SMILES string of the molecule is CC(C)(C)CC(C)(C)CC=CCOc1cccc2ccc(C#N)nc12. The molecule has 3 heteroatoms. The number of fused-ring (bicyclic) bond motifs is 1. The van der Waals surface area contributed by atoms with E-state index in [0.717, 1.165) is 17.3 Å². The van der Waals surface area contributed by atoms with E-state index in [1.807, 2.05) is 24.3 Å². The van der Waals surface area contributed by atoms with E-state index < -0.39 is 0 Å². The topological polar surface area (TPSA) is 45.9 Å². The molecule has 3 nitrogen and oxygen atoms in total. The van der Waals surface area contributed by atoms with Crippen molar-refractivity contribution in [1.29, 1.82) is 5.26 Å². The van der Waals surface area contributed by atoms with Crippen LogP contribution in [0.2, 0.25) is 0 Å². The number of pyridine rings is 1. The van der Waals surface area contributed by atoms with Crippen molar-refractivity contribution in [3.05, 3.63) is 48.2 Å². The van der Waals surface area contributed by atoms with Crippen LogP contribution < -0.4 is 4.74 Å². The van der Waals surface area contributed by atoms with Crippen molar-refractivity contribution in [2.45, 2.75) is 47.5 Å². The normalized spacial score (nSPS) is 12.5. The minimum Gasteiger partial charge on any atom is -0.487 e. The van der Waals surface area contributed by atoms with Gasteiger partial charge >= 0.3 is 0 Å². The van der Waals surface area contributed by atoms with Crippen LogP contribution >= 0.6 is 0 Å². The zero-order valence-electron chi connectivity index (χ0n) is 16.0. The lowest BCUT2D eigenvalue weighted by atomic mass is 9.74. The molecule has 0 radical (unpaired) electrons. The Morgan fingerprint density at radius 1 is 1.08 bits per heavy atom. The fourth-order valence-electron chi connectivity index (χ4n) is 3.41. The highest BCUT2D eigenvalue weighted by Crippen LogP contribution is 2.35. The van der Waals surface area contributed by atoms with E-state index in [9.17, 15) is 0 Å². The Labute approximate surface area is 151 Å². The second-order valence-corrected chi connectivity index (χ2v) is 8.52. The van der Waals surface area contributed by atoms with Crippen LogP contribution in [0.15, 0.2) is 42.5 Å². The Morgan fingerprint density at radius 3 is 2.52 bits per heavy atom. The van der Waals surface area contributed by atoms with Crippen LogP contribution in [-0.2, 0) is 0 Å². The third kappa shape index (κ3) is 5.90. The number of hydrogen-bond donors (Lipinski definition) is 0. The molecule has 0 aliphatic carbocycles. The fraction of sp³-hybridized carbons (Fsp3) is 0.455. The summed E-state index contributed by atoms with van der Waals surface area (Å²) in [4.78, 5) is 4.36. The van der Waals surface area contributed by atoms with Crippen molar-refractivity contribution in [3.8, 4) is 11.8 Å². The van der Waals surface area contributed by atoms with Gasteiger partial charge in [0.05, 0.1) is 0 Å². The minimum atomic E-state index is 0.275. The maximum absolute atomic E-state index is 9.03. The van der Waals surface area contributed by atoms with E-state index >= 15 is 0 Å². The van der Waals surface area contributed by atoms with Crippen LogP contribution in [-0.4, -0.2) is 11.6 Å². The monoisotopic (exact) mass is 336 g/mol. The fourth-order valence-corrected chi connectivity index (χ4v) is 3.41. The van der Waals surface area contributed by atoms with Crippen molar-refractivity contribution >= 4 is 10.9 Å². The summed E-state index contributed by atoms with van der Waals surface area (Å²) in [6.07, 6.45) is 6.47. The van der Waals surface area contributed by atoms with Gasteiger partial charge in [-0.3, -0.25) is 0 Å². The maximum atomic E-state index is 9.03. The highest BCUT2D eigenvalue weighted by molar-refractivity contribution is 5.84.